The molecular weight excluding hydrogens is 466 g/mol. The van der Waals surface area contributed by atoms with Crippen LogP contribution in [0.5, 0.6) is 11.5 Å². The average Bonchev–Trinajstić information content (AvgIpc) is 3.37. The highest BCUT2D eigenvalue weighted by molar-refractivity contribution is 7.91. The maximum absolute atomic E-state index is 12.6. The molecule has 0 radical (unpaired) electrons. The number of aryl methyl sites for hydroxylation is 1. The number of hydrogen-bond acceptors (Lipinski definition) is 6. The smallest absolute Gasteiger partial charge is 0.263 e. The monoisotopic (exact) mass is 489 g/mol. The summed E-state index contributed by atoms with van der Waals surface area (Å²) in [6.07, 6.45) is 0.440. The molecule has 1 N–H and O–H groups in total. The number of carbonyl (C=O) groups excluding carboxylic acids is 1. The fraction of sp³-hybridized carbons (Fsp3) is 0.304. The summed E-state index contributed by atoms with van der Waals surface area (Å²) in [5.41, 5.74) is 2.28. The van der Waals surface area contributed by atoms with Gasteiger partial charge in [-0.05, 0) is 61.4 Å². The van der Waals surface area contributed by atoms with Gasteiger partial charge in [0.05, 0.1) is 30.4 Å². The van der Waals surface area contributed by atoms with E-state index in [1.807, 2.05) is 31.2 Å². The van der Waals surface area contributed by atoms with Crippen LogP contribution in [0.2, 0.25) is 5.02 Å². The molecule has 0 saturated carbocycles. The van der Waals surface area contributed by atoms with Crippen LogP contribution in [-0.4, -0.2) is 49.3 Å². The number of carbonyl (C=O) groups is 1. The van der Waals surface area contributed by atoms with E-state index in [-0.39, 0.29) is 30.1 Å². The summed E-state index contributed by atoms with van der Waals surface area (Å²) in [5, 5.41) is 8.05. The quantitative estimate of drug-likeness (QED) is 0.540. The predicted molar refractivity (Wildman–Crippen MR) is 127 cm³/mol. The molecule has 1 atom stereocenters. The summed E-state index contributed by atoms with van der Waals surface area (Å²) in [6.45, 7) is 1.64. The van der Waals surface area contributed by atoms with Crippen molar-refractivity contribution in [2.24, 2.45) is 0 Å². The second-order valence-electron chi connectivity index (χ2n) is 7.89. The number of amides is 1. The standard InChI is InChI=1S/C23H24ClN3O5S/c1-15-11-19(7-8-20(15)24)32-13-23(28)25-22-12-21(16-3-5-18(31-2)6-4-16)26-27(22)17-9-10-33(29,30)14-17/h3-8,11-12,17H,9-10,13-14H2,1-2H3,(H,25,28). The van der Waals surface area contributed by atoms with Gasteiger partial charge in [0.15, 0.2) is 16.4 Å². The van der Waals surface area contributed by atoms with Gasteiger partial charge in [0.1, 0.15) is 17.3 Å². The van der Waals surface area contributed by atoms with Crippen molar-refractivity contribution in [2.45, 2.75) is 19.4 Å². The van der Waals surface area contributed by atoms with Crippen LogP contribution in [0.25, 0.3) is 11.3 Å². The number of aromatic nitrogens is 2. The molecular formula is C23H24ClN3O5S. The van der Waals surface area contributed by atoms with Gasteiger partial charge in [-0.25, -0.2) is 13.1 Å². The first-order chi connectivity index (χ1) is 15.7. The molecule has 1 fully saturated rings. The van der Waals surface area contributed by atoms with Crippen molar-refractivity contribution in [1.82, 2.24) is 9.78 Å². The van der Waals surface area contributed by atoms with Crippen LogP contribution >= 0.6 is 11.6 Å². The fourth-order valence-electron chi connectivity index (χ4n) is 3.67. The first-order valence-electron chi connectivity index (χ1n) is 10.4. The summed E-state index contributed by atoms with van der Waals surface area (Å²) in [5.74, 6) is 1.36. The lowest BCUT2D eigenvalue weighted by Crippen LogP contribution is -2.23. The van der Waals surface area contributed by atoms with Gasteiger partial charge >= 0.3 is 0 Å². The lowest BCUT2D eigenvalue weighted by Gasteiger charge is -2.14. The molecule has 1 aliphatic rings. The van der Waals surface area contributed by atoms with Crippen molar-refractivity contribution in [2.75, 3.05) is 30.5 Å². The van der Waals surface area contributed by atoms with Crippen molar-refractivity contribution >= 4 is 33.2 Å². The molecule has 1 saturated heterocycles. The van der Waals surface area contributed by atoms with Gasteiger partial charge in [-0.2, -0.15) is 5.10 Å². The van der Waals surface area contributed by atoms with Gasteiger partial charge in [0.25, 0.3) is 5.91 Å². The minimum atomic E-state index is -3.13. The molecule has 174 valence electrons. The van der Waals surface area contributed by atoms with Gasteiger partial charge in [0.2, 0.25) is 0 Å². The third-order valence-corrected chi connectivity index (χ3v) is 7.62. The zero-order chi connectivity index (χ0) is 23.6. The molecule has 1 unspecified atom stereocenters. The van der Waals surface area contributed by atoms with Gasteiger partial charge in [0, 0.05) is 16.7 Å². The van der Waals surface area contributed by atoms with Crippen molar-refractivity contribution in [3.8, 4) is 22.8 Å². The molecule has 33 heavy (non-hydrogen) atoms. The largest absolute Gasteiger partial charge is 0.497 e. The average molecular weight is 490 g/mol. The number of hydrogen-bond donors (Lipinski definition) is 1. The number of benzene rings is 2. The highest BCUT2D eigenvalue weighted by atomic mass is 35.5. The minimum Gasteiger partial charge on any atom is -0.497 e. The van der Waals surface area contributed by atoms with Gasteiger partial charge in [-0.15, -0.1) is 0 Å². The normalized spacial score (nSPS) is 17.0. The molecule has 0 spiro atoms. The predicted octanol–water partition coefficient (Wildman–Crippen LogP) is 3.90. The molecule has 0 bridgehead atoms. The molecule has 3 aromatic rings. The zero-order valence-corrected chi connectivity index (χ0v) is 19.8. The molecule has 10 heteroatoms. The maximum atomic E-state index is 12.6. The molecule has 0 aliphatic carbocycles. The number of ether oxygens (including phenoxy) is 2. The van der Waals surface area contributed by atoms with Crippen molar-refractivity contribution in [3.63, 3.8) is 0 Å². The van der Waals surface area contributed by atoms with Crippen LogP contribution in [-0.2, 0) is 14.6 Å². The Morgan fingerprint density at radius 3 is 2.55 bits per heavy atom. The summed E-state index contributed by atoms with van der Waals surface area (Å²) in [4.78, 5) is 12.6. The summed E-state index contributed by atoms with van der Waals surface area (Å²) < 4.78 is 36.4. The van der Waals surface area contributed by atoms with Crippen LogP contribution in [0.3, 0.4) is 0 Å². The third-order valence-electron chi connectivity index (χ3n) is 5.44. The third kappa shape index (κ3) is 5.48. The van der Waals surface area contributed by atoms with Crippen LogP contribution in [0, 0.1) is 6.92 Å². The SMILES string of the molecule is COc1ccc(-c2cc(NC(=O)COc3ccc(Cl)c(C)c3)n(C3CCS(=O)(=O)C3)n2)cc1. The Morgan fingerprint density at radius 2 is 1.91 bits per heavy atom. The summed E-state index contributed by atoms with van der Waals surface area (Å²) in [7, 11) is -1.54. The molecule has 1 aliphatic heterocycles. The van der Waals surface area contributed by atoms with Gasteiger partial charge in [-0.1, -0.05) is 11.6 Å². The van der Waals surface area contributed by atoms with E-state index in [1.54, 1.807) is 36.1 Å². The van der Waals surface area contributed by atoms with E-state index in [0.29, 0.717) is 34.5 Å². The number of nitrogens with zero attached hydrogens (tertiary/aromatic N) is 2. The van der Waals surface area contributed by atoms with Gasteiger partial charge < -0.3 is 14.8 Å². The molecule has 1 amide bonds. The Bertz CT molecular complexity index is 1270. The molecule has 2 aromatic carbocycles. The highest BCUT2D eigenvalue weighted by Gasteiger charge is 2.31. The molecule has 1 aromatic heterocycles. The lowest BCUT2D eigenvalue weighted by atomic mass is 10.1. The van der Waals surface area contributed by atoms with Crippen LogP contribution < -0.4 is 14.8 Å². The summed E-state index contributed by atoms with van der Waals surface area (Å²) in [6, 6.07) is 13.9. The van der Waals surface area contributed by atoms with E-state index in [2.05, 4.69) is 10.4 Å². The van der Waals surface area contributed by atoms with Crippen molar-refractivity contribution in [1.29, 1.82) is 0 Å². The number of nitrogens with one attached hydrogen (secondary N) is 1. The maximum Gasteiger partial charge on any atom is 0.263 e. The Labute approximate surface area is 197 Å². The topological polar surface area (TPSA) is 99.5 Å². The van der Waals surface area contributed by atoms with E-state index < -0.39 is 9.84 Å². The first kappa shape index (κ1) is 23.1. The molecule has 8 nitrogen and oxygen atoms in total. The van der Waals surface area contributed by atoms with Gasteiger partial charge in [-0.3, -0.25) is 4.79 Å². The second kappa shape index (κ2) is 9.44. The minimum absolute atomic E-state index is 0.0137. The number of anilines is 1. The van der Waals surface area contributed by atoms with Crippen molar-refractivity contribution in [3.05, 3.63) is 59.1 Å². The number of methoxy groups -OCH3 is 1. The summed E-state index contributed by atoms with van der Waals surface area (Å²) >= 11 is 6.03. The zero-order valence-electron chi connectivity index (χ0n) is 18.2. The highest BCUT2D eigenvalue weighted by Crippen LogP contribution is 2.31. The van der Waals surface area contributed by atoms with E-state index in [1.165, 1.54) is 0 Å². The Balaban J connectivity index is 1.54. The molecule has 2 heterocycles. The van der Waals surface area contributed by atoms with Crippen LogP contribution in [0.1, 0.15) is 18.0 Å². The van der Waals surface area contributed by atoms with E-state index in [4.69, 9.17) is 21.1 Å². The van der Waals surface area contributed by atoms with E-state index >= 15 is 0 Å². The Hall–Kier alpha value is -3.04. The van der Waals surface area contributed by atoms with Crippen LogP contribution in [0.15, 0.2) is 48.5 Å². The Morgan fingerprint density at radius 1 is 1.18 bits per heavy atom. The molecule has 4 rings (SSSR count). The lowest BCUT2D eigenvalue weighted by molar-refractivity contribution is -0.118. The Kier molecular flexibility index (Phi) is 6.62. The number of halogens is 1. The van der Waals surface area contributed by atoms with Crippen molar-refractivity contribution < 1.29 is 22.7 Å². The fourth-order valence-corrected chi connectivity index (χ4v) is 5.48. The number of rotatable bonds is 7. The first-order valence-corrected chi connectivity index (χ1v) is 12.6. The van der Waals surface area contributed by atoms with E-state index in [0.717, 1.165) is 11.1 Å². The second-order valence-corrected chi connectivity index (χ2v) is 10.5. The van der Waals surface area contributed by atoms with Crippen LogP contribution in [0.4, 0.5) is 5.82 Å². The number of sulfone groups is 1. The van der Waals surface area contributed by atoms with E-state index in [9.17, 15) is 13.2 Å².